The molecular formula is C5H7NO4S. The molecule has 6 heteroatoms. The lowest BCUT2D eigenvalue weighted by Gasteiger charge is -2.26. The van der Waals surface area contributed by atoms with Crippen LogP contribution in [0.4, 0.5) is 0 Å². The van der Waals surface area contributed by atoms with Crippen molar-refractivity contribution in [2.24, 2.45) is 0 Å². The summed E-state index contributed by atoms with van der Waals surface area (Å²) in [5, 5.41) is 12.7. The second kappa shape index (κ2) is 2.57. The summed E-state index contributed by atoms with van der Waals surface area (Å²) in [6, 6.07) is 0. The Bertz CT molecular complexity index is 245. The minimum atomic E-state index is -2.96. The first-order valence-corrected chi connectivity index (χ1v) is 4.35. The van der Waals surface area contributed by atoms with Crippen LogP contribution < -0.4 is 5.32 Å². The Morgan fingerprint density at radius 2 is 2.18 bits per heavy atom. The summed E-state index contributed by atoms with van der Waals surface area (Å²) in [7, 11) is -2.96. The van der Waals surface area contributed by atoms with Crippen LogP contribution in [0.25, 0.3) is 0 Å². The molecule has 1 aliphatic rings. The maximum atomic E-state index is 10.3. The maximum Gasteiger partial charge on any atom is 0.353 e. The highest BCUT2D eigenvalue weighted by molar-refractivity contribution is 8.29. The molecule has 4 N–H and O–H groups in total. The fraction of sp³-hybridized carbons (Fsp3) is 0. The van der Waals surface area contributed by atoms with Crippen molar-refractivity contribution in [2.75, 3.05) is 0 Å². The third-order valence-electron chi connectivity index (χ3n) is 1.03. The van der Waals surface area contributed by atoms with Gasteiger partial charge in [0.15, 0.2) is 0 Å². The van der Waals surface area contributed by atoms with Crippen LogP contribution in [0, 0.1) is 0 Å². The molecule has 0 bridgehead atoms. The quantitative estimate of drug-likeness (QED) is 0.474. The molecule has 0 fully saturated rings. The van der Waals surface area contributed by atoms with Crippen LogP contribution in [0.3, 0.4) is 0 Å². The number of hydrogen-bond donors (Lipinski definition) is 4. The SMILES string of the molecule is O=C(O)C1=CS(O)(O)C=CN1. The third-order valence-corrected chi connectivity index (χ3v) is 2.15. The summed E-state index contributed by atoms with van der Waals surface area (Å²) in [6.45, 7) is 0. The van der Waals surface area contributed by atoms with Crippen molar-refractivity contribution in [2.45, 2.75) is 0 Å². The van der Waals surface area contributed by atoms with Gasteiger partial charge in [-0.2, -0.15) is 10.6 Å². The molecule has 1 heterocycles. The Balaban J connectivity index is 2.86. The highest BCUT2D eigenvalue weighted by atomic mass is 32.3. The number of nitrogens with one attached hydrogen (secondary N) is 1. The van der Waals surface area contributed by atoms with Crippen molar-refractivity contribution in [3.8, 4) is 0 Å². The molecule has 11 heavy (non-hydrogen) atoms. The summed E-state index contributed by atoms with van der Waals surface area (Å²) in [5.74, 6) is -1.21. The molecule has 0 saturated heterocycles. The minimum absolute atomic E-state index is 0.215. The van der Waals surface area contributed by atoms with Gasteiger partial charge < -0.3 is 10.4 Å². The van der Waals surface area contributed by atoms with Crippen LogP contribution in [-0.2, 0) is 4.79 Å². The molecular weight excluding hydrogens is 170 g/mol. The Kier molecular flexibility index (Phi) is 1.90. The zero-order chi connectivity index (χ0) is 8.48. The van der Waals surface area contributed by atoms with Crippen molar-refractivity contribution < 1.29 is 19.0 Å². The van der Waals surface area contributed by atoms with Crippen LogP contribution >= 0.6 is 10.6 Å². The second-order valence-corrected chi connectivity index (χ2v) is 3.71. The Morgan fingerprint density at radius 3 is 2.55 bits per heavy atom. The predicted molar refractivity (Wildman–Crippen MR) is 40.8 cm³/mol. The van der Waals surface area contributed by atoms with E-state index in [0.717, 1.165) is 10.8 Å². The van der Waals surface area contributed by atoms with Crippen molar-refractivity contribution in [3.63, 3.8) is 0 Å². The van der Waals surface area contributed by atoms with Gasteiger partial charge >= 0.3 is 5.97 Å². The largest absolute Gasteiger partial charge is 0.477 e. The van der Waals surface area contributed by atoms with Gasteiger partial charge in [0.05, 0.1) is 5.41 Å². The number of aliphatic carboxylic acids is 1. The zero-order valence-electron chi connectivity index (χ0n) is 5.39. The number of carboxylic acids is 1. The monoisotopic (exact) mass is 177 g/mol. The first-order chi connectivity index (χ1) is 5.01. The van der Waals surface area contributed by atoms with Crippen LogP contribution in [0.2, 0.25) is 0 Å². The molecule has 62 valence electrons. The van der Waals surface area contributed by atoms with Gasteiger partial charge in [0.1, 0.15) is 5.70 Å². The molecule has 0 amide bonds. The van der Waals surface area contributed by atoms with Gasteiger partial charge in [-0.25, -0.2) is 4.79 Å². The molecule has 5 nitrogen and oxygen atoms in total. The van der Waals surface area contributed by atoms with E-state index in [-0.39, 0.29) is 5.70 Å². The second-order valence-electron chi connectivity index (χ2n) is 1.92. The lowest BCUT2D eigenvalue weighted by molar-refractivity contribution is -0.132. The van der Waals surface area contributed by atoms with Crippen molar-refractivity contribution in [3.05, 3.63) is 22.7 Å². The van der Waals surface area contributed by atoms with E-state index in [1.807, 2.05) is 0 Å². The van der Waals surface area contributed by atoms with Crippen molar-refractivity contribution >= 4 is 16.6 Å². The zero-order valence-corrected chi connectivity index (χ0v) is 6.21. The summed E-state index contributed by atoms with van der Waals surface area (Å²) in [5.41, 5.74) is -0.215. The van der Waals surface area contributed by atoms with Crippen molar-refractivity contribution in [1.82, 2.24) is 5.32 Å². The average molecular weight is 177 g/mol. The number of rotatable bonds is 1. The van der Waals surface area contributed by atoms with E-state index in [1.165, 1.54) is 6.20 Å². The van der Waals surface area contributed by atoms with E-state index in [9.17, 15) is 4.79 Å². The van der Waals surface area contributed by atoms with Gasteiger partial charge in [0.2, 0.25) is 0 Å². The minimum Gasteiger partial charge on any atom is -0.477 e. The molecule has 0 aromatic rings. The molecule has 1 rings (SSSR count). The van der Waals surface area contributed by atoms with E-state index in [4.69, 9.17) is 14.2 Å². The number of hydrogen-bond acceptors (Lipinski definition) is 4. The summed E-state index contributed by atoms with van der Waals surface area (Å²) < 4.78 is 17.9. The lowest BCUT2D eigenvalue weighted by Crippen LogP contribution is -2.18. The smallest absolute Gasteiger partial charge is 0.353 e. The van der Waals surface area contributed by atoms with Crippen molar-refractivity contribution in [1.29, 1.82) is 0 Å². The average Bonchev–Trinajstić information content (AvgIpc) is 1.85. The van der Waals surface area contributed by atoms with Crippen LogP contribution in [0.5, 0.6) is 0 Å². The first-order valence-electron chi connectivity index (χ1n) is 2.67. The Morgan fingerprint density at radius 1 is 1.55 bits per heavy atom. The first kappa shape index (κ1) is 8.12. The van der Waals surface area contributed by atoms with Gasteiger partial charge in [0.25, 0.3) is 0 Å². The normalized spacial score (nSPS) is 23.3. The fourth-order valence-electron chi connectivity index (χ4n) is 0.583. The van der Waals surface area contributed by atoms with E-state index in [1.54, 1.807) is 0 Å². The molecule has 0 saturated carbocycles. The molecule has 0 aromatic carbocycles. The van der Waals surface area contributed by atoms with Gasteiger partial charge in [0, 0.05) is 11.6 Å². The lowest BCUT2D eigenvalue weighted by atomic mass is 10.5. The van der Waals surface area contributed by atoms with Gasteiger partial charge in [-0.05, 0) is 0 Å². The van der Waals surface area contributed by atoms with E-state index in [2.05, 4.69) is 5.32 Å². The van der Waals surface area contributed by atoms with Gasteiger partial charge in [-0.3, -0.25) is 9.11 Å². The standard InChI is InChI=1S/C5H7NO4S/c7-5(8)4-3-11(9,10)2-1-6-4/h1-3,6,9-10H,(H,7,8). The Hall–Kier alpha value is -0.980. The highest BCUT2D eigenvalue weighted by Gasteiger charge is 2.15. The molecule has 0 aromatic heterocycles. The number of carboxylic acid groups (broad SMARTS) is 1. The van der Waals surface area contributed by atoms with E-state index >= 15 is 0 Å². The van der Waals surface area contributed by atoms with Gasteiger partial charge in [-0.15, -0.1) is 0 Å². The molecule has 0 spiro atoms. The van der Waals surface area contributed by atoms with E-state index in [0.29, 0.717) is 0 Å². The highest BCUT2D eigenvalue weighted by Crippen LogP contribution is 2.43. The Labute approximate surface area is 64.4 Å². The summed E-state index contributed by atoms with van der Waals surface area (Å²) in [6.07, 6.45) is 1.19. The van der Waals surface area contributed by atoms with Crippen LogP contribution in [0.15, 0.2) is 22.7 Å². The topological polar surface area (TPSA) is 89.8 Å². The summed E-state index contributed by atoms with van der Waals surface area (Å²) in [4.78, 5) is 10.3. The molecule has 0 aliphatic carbocycles. The fourth-order valence-corrected chi connectivity index (χ4v) is 1.45. The molecule has 0 atom stereocenters. The van der Waals surface area contributed by atoms with Gasteiger partial charge in [-0.1, -0.05) is 0 Å². The molecule has 0 radical (unpaired) electrons. The predicted octanol–water partition coefficient (Wildman–Crippen LogP) is 0.737. The number of carbonyl (C=O) groups is 1. The van der Waals surface area contributed by atoms with Crippen LogP contribution in [0.1, 0.15) is 0 Å². The van der Waals surface area contributed by atoms with Crippen LogP contribution in [-0.4, -0.2) is 20.2 Å². The maximum absolute atomic E-state index is 10.3. The third kappa shape index (κ3) is 1.97. The summed E-state index contributed by atoms with van der Waals surface area (Å²) >= 11 is 0. The molecule has 1 aliphatic heterocycles. The molecule has 0 unspecified atom stereocenters. The van der Waals surface area contributed by atoms with E-state index < -0.39 is 16.6 Å².